The summed E-state index contributed by atoms with van der Waals surface area (Å²) < 4.78 is 17.9. The summed E-state index contributed by atoms with van der Waals surface area (Å²) in [5.41, 5.74) is 0.937. The van der Waals surface area contributed by atoms with Gasteiger partial charge in [-0.15, -0.1) is 21.5 Å². The maximum Gasteiger partial charge on any atom is 0.277 e. The minimum absolute atomic E-state index is 0.142. The van der Waals surface area contributed by atoms with E-state index >= 15 is 0 Å². The molecule has 0 saturated heterocycles. The van der Waals surface area contributed by atoms with E-state index in [0.717, 1.165) is 26.3 Å². The molecule has 2 aromatic carbocycles. The monoisotopic (exact) mass is 487 g/mol. The molecular formula is C22H18ClN3O4S2. The number of halogens is 1. The molecule has 2 aromatic heterocycles. The number of rotatable bonds is 6. The number of carbonyl (C=O) groups excluding carboxylic acids is 1. The summed E-state index contributed by atoms with van der Waals surface area (Å²) in [5, 5.41) is 13.0. The second-order valence-corrected chi connectivity index (χ2v) is 9.45. The first kappa shape index (κ1) is 21.1. The number of amides is 1. The van der Waals surface area contributed by atoms with Gasteiger partial charge in [-0.1, -0.05) is 47.6 Å². The fourth-order valence-corrected chi connectivity index (χ4v) is 5.34. The van der Waals surface area contributed by atoms with Crippen molar-refractivity contribution in [3.05, 3.63) is 53.1 Å². The molecule has 0 spiro atoms. The Kier molecular flexibility index (Phi) is 5.95. The first-order valence-electron chi connectivity index (χ1n) is 9.91. The van der Waals surface area contributed by atoms with Gasteiger partial charge in [-0.3, -0.25) is 4.79 Å². The van der Waals surface area contributed by atoms with Crippen LogP contribution >= 0.6 is 34.7 Å². The van der Waals surface area contributed by atoms with E-state index in [-0.39, 0.29) is 17.7 Å². The van der Waals surface area contributed by atoms with Crippen LogP contribution in [0, 0.1) is 0 Å². The second-order valence-electron chi connectivity index (χ2n) is 7.10. The van der Waals surface area contributed by atoms with Gasteiger partial charge in [0.05, 0.1) is 16.8 Å². The molecule has 10 heteroatoms. The molecule has 32 heavy (non-hydrogen) atoms. The summed E-state index contributed by atoms with van der Waals surface area (Å²) >= 11 is 9.16. The summed E-state index contributed by atoms with van der Waals surface area (Å²) in [6.07, 6.45) is 0. The Morgan fingerprint density at radius 2 is 2.00 bits per heavy atom. The van der Waals surface area contributed by atoms with Crippen LogP contribution in [0.2, 0.25) is 5.02 Å². The van der Waals surface area contributed by atoms with Crippen molar-refractivity contribution in [3.63, 3.8) is 0 Å². The molecule has 1 aliphatic heterocycles. The normalized spacial score (nSPS) is 13.8. The van der Waals surface area contributed by atoms with Crippen LogP contribution in [0.15, 0.2) is 52.1 Å². The van der Waals surface area contributed by atoms with E-state index in [4.69, 9.17) is 25.5 Å². The molecule has 1 N–H and O–H groups in total. The summed E-state index contributed by atoms with van der Waals surface area (Å²) in [5.74, 6) is 1.78. The highest BCUT2D eigenvalue weighted by molar-refractivity contribution is 7.99. The first-order chi connectivity index (χ1) is 15.6. The van der Waals surface area contributed by atoms with Crippen molar-refractivity contribution in [3.8, 4) is 22.3 Å². The quantitative estimate of drug-likeness (QED) is 0.367. The number of carbonyl (C=O) groups is 1. The summed E-state index contributed by atoms with van der Waals surface area (Å²) in [6, 6.07) is 13.3. The van der Waals surface area contributed by atoms with Crippen LogP contribution < -0.4 is 14.8 Å². The predicted octanol–water partition coefficient (Wildman–Crippen LogP) is 5.35. The van der Waals surface area contributed by atoms with Gasteiger partial charge in [-0.25, -0.2) is 0 Å². The van der Waals surface area contributed by atoms with Crippen molar-refractivity contribution in [2.75, 3.05) is 19.0 Å². The van der Waals surface area contributed by atoms with Crippen molar-refractivity contribution in [1.29, 1.82) is 0 Å². The fourth-order valence-electron chi connectivity index (χ4n) is 3.33. The largest absolute Gasteiger partial charge is 0.486 e. The third kappa shape index (κ3) is 4.28. The number of aromatic nitrogens is 2. The molecular weight excluding hydrogens is 470 g/mol. The minimum atomic E-state index is -0.186. The van der Waals surface area contributed by atoms with Crippen LogP contribution in [0.25, 0.3) is 20.9 Å². The van der Waals surface area contributed by atoms with Crippen molar-refractivity contribution >= 4 is 50.7 Å². The van der Waals surface area contributed by atoms with Crippen molar-refractivity contribution in [1.82, 2.24) is 15.5 Å². The van der Waals surface area contributed by atoms with Gasteiger partial charge >= 0.3 is 0 Å². The number of ether oxygens (including phenoxy) is 2. The molecule has 0 bridgehead atoms. The van der Waals surface area contributed by atoms with Gasteiger partial charge in [0, 0.05) is 10.1 Å². The lowest BCUT2D eigenvalue weighted by Crippen LogP contribution is -2.28. The Bertz CT molecular complexity index is 1290. The number of fused-ring (bicyclic) bond motifs is 2. The van der Waals surface area contributed by atoms with Crippen LogP contribution in [0.4, 0.5) is 0 Å². The van der Waals surface area contributed by atoms with Gasteiger partial charge in [0.25, 0.3) is 11.1 Å². The van der Waals surface area contributed by atoms with Crippen LogP contribution in [-0.2, 0) is 4.79 Å². The average molecular weight is 488 g/mol. The molecule has 1 unspecified atom stereocenters. The van der Waals surface area contributed by atoms with Crippen molar-refractivity contribution in [2.24, 2.45) is 0 Å². The van der Waals surface area contributed by atoms with Gasteiger partial charge in [-0.05, 0) is 30.7 Å². The standard InChI is InChI=1S/C22H18ClN3O4S2/c1-12(13-6-7-15-16(10-13)29-9-8-28-15)24-18(27)11-31-22-26-25-21(30-22)20-19(23)14-4-2-3-5-17(14)32-20/h2-7,10,12H,8-9,11H2,1H3,(H,24,27). The molecule has 3 heterocycles. The lowest BCUT2D eigenvalue weighted by atomic mass is 10.1. The number of hydrogen-bond donors (Lipinski definition) is 1. The zero-order chi connectivity index (χ0) is 22.1. The van der Waals surface area contributed by atoms with Crippen LogP contribution in [0.5, 0.6) is 11.5 Å². The predicted molar refractivity (Wildman–Crippen MR) is 125 cm³/mol. The number of thioether (sulfide) groups is 1. The van der Waals surface area contributed by atoms with Crippen LogP contribution in [0.1, 0.15) is 18.5 Å². The third-order valence-electron chi connectivity index (χ3n) is 4.91. The Labute approximate surface area is 197 Å². The molecule has 5 rings (SSSR count). The van der Waals surface area contributed by atoms with E-state index < -0.39 is 0 Å². The Balaban J connectivity index is 1.20. The van der Waals surface area contributed by atoms with E-state index in [1.165, 1.54) is 23.1 Å². The molecule has 4 aromatic rings. The lowest BCUT2D eigenvalue weighted by molar-refractivity contribution is -0.119. The van der Waals surface area contributed by atoms with Gasteiger partial charge in [0.2, 0.25) is 5.91 Å². The summed E-state index contributed by atoms with van der Waals surface area (Å²) in [4.78, 5) is 13.2. The Morgan fingerprint density at radius 1 is 1.19 bits per heavy atom. The zero-order valence-electron chi connectivity index (χ0n) is 17.0. The molecule has 164 valence electrons. The Morgan fingerprint density at radius 3 is 2.84 bits per heavy atom. The van der Waals surface area contributed by atoms with Gasteiger partial charge < -0.3 is 19.2 Å². The number of nitrogens with one attached hydrogen (secondary N) is 1. The van der Waals surface area contributed by atoms with E-state index in [0.29, 0.717) is 35.1 Å². The third-order valence-corrected chi connectivity index (χ3v) is 7.39. The fraction of sp³-hybridized carbons (Fsp3) is 0.227. The van der Waals surface area contributed by atoms with Gasteiger partial charge in [0.15, 0.2) is 11.5 Å². The van der Waals surface area contributed by atoms with E-state index in [1.807, 2.05) is 49.4 Å². The zero-order valence-corrected chi connectivity index (χ0v) is 19.4. The maximum atomic E-state index is 12.4. The highest BCUT2D eigenvalue weighted by atomic mass is 35.5. The number of thiophene rings is 1. The topological polar surface area (TPSA) is 86.5 Å². The highest BCUT2D eigenvalue weighted by Crippen LogP contribution is 2.41. The highest BCUT2D eigenvalue weighted by Gasteiger charge is 2.19. The number of benzene rings is 2. The van der Waals surface area contributed by atoms with E-state index in [9.17, 15) is 4.79 Å². The molecule has 1 aliphatic rings. The van der Waals surface area contributed by atoms with Crippen molar-refractivity contribution < 1.29 is 18.7 Å². The molecule has 0 radical (unpaired) electrons. The van der Waals surface area contributed by atoms with Crippen LogP contribution in [-0.4, -0.2) is 35.1 Å². The molecule has 1 atom stereocenters. The van der Waals surface area contributed by atoms with Crippen LogP contribution in [0.3, 0.4) is 0 Å². The van der Waals surface area contributed by atoms with E-state index in [2.05, 4.69) is 15.5 Å². The molecule has 0 aliphatic carbocycles. The van der Waals surface area contributed by atoms with Gasteiger partial charge in [0.1, 0.15) is 18.1 Å². The molecule has 0 fully saturated rings. The average Bonchev–Trinajstić information content (AvgIpc) is 3.42. The SMILES string of the molecule is CC(NC(=O)CSc1nnc(-c2sc3ccccc3c2Cl)o1)c1ccc2c(c1)OCCO2. The number of hydrogen-bond acceptors (Lipinski definition) is 8. The van der Waals surface area contributed by atoms with Crippen molar-refractivity contribution in [2.45, 2.75) is 18.2 Å². The van der Waals surface area contributed by atoms with Gasteiger partial charge in [-0.2, -0.15) is 0 Å². The molecule has 0 saturated carbocycles. The summed E-state index contributed by atoms with van der Waals surface area (Å²) in [6.45, 7) is 2.98. The Hall–Kier alpha value is -2.75. The maximum absolute atomic E-state index is 12.4. The summed E-state index contributed by atoms with van der Waals surface area (Å²) in [7, 11) is 0. The molecule has 1 amide bonds. The minimum Gasteiger partial charge on any atom is -0.486 e. The first-order valence-corrected chi connectivity index (χ1v) is 12.1. The lowest BCUT2D eigenvalue weighted by Gasteiger charge is -2.21. The second kappa shape index (κ2) is 9.01. The smallest absolute Gasteiger partial charge is 0.277 e. The van der Waals surface area contributed by atoms with E-state index in [1.54, 1.807) is 0 Å². The number of nitrogens with zero attached hydrogens (tertiary/aromatic N) is 2. The molecule has 7 nitrogen and oxygen atoms in total.